The molecule has 30 heavy (non-hydrogen) atoms. The second-order valence-electron chi connectivity index (χ2n) is 6.86. The average Bonchev–Trinajstić information content (AvgIpc) is 3.01. The molecule has 0 fully saturated rings. The van der Waals surface area contributed by atoms with Gasteiger partial charge in [0.2, 0.25) is 0 Å². The number of rotatable bonds is 5. The van der Waals surface area contributed by atoms with Crippen molar-refractivity contribution in [1.29, 1.82) is 0 Å². The number of nitrogens with zero attached hydrogens (tertiary/aromatic N) is 2. The van der Waals surface area contributed by atoms with Crippen LogP contribution >= 0.6 is 11.6 Å². The van der Waals surface area contributed by atoms with Gasteiger partial charge >= 0.3 is 5.97 Å². The first-order valence-corrected chi connectivity index (χ1v) is 9.67. The SMILES string of the molecule is COC(=O)c1ccc(-n2c(C)cc(/C=N\NC(=O)c3ccc(Cl)cc3)c2C)c(C)c1. The van der Waals surface area contributed by atoms with Crippen LogP contribution in [0.15, 0.2) is 53.6 Å². The van der Waals surface area contributed by atoms with E-state index >= 15 is 0 Å². The molecular weight excluding hydrogens is 402 g/mol. The van der Waals surface area contributed by atoms with Gasteiger partial charge in [-0.25, -0.2) is 10.2 Å². The number of halogens is 1. The zero-order chi connectivity index (χ0) is 21.8. The number of ether oxygens (including phenoxy) is 1. The zero-order valence-corrected chi connectivity index (χ0v) is 17.9. The normalized spacial score (nSPS) is 11.0. The molecule has 0 aliphatic carbocycles. The molecule has 3 rings (SSSR count). The van der Waals surface area contributed by atoms with Crippen LogP contribution in [0.4, 0.5) is 0 Å². The number of aryl methyl sites for hydroxylation is 2. The van der Waals surface area contributed by atoms with Gasteiger partial charge in [0, 0.05) is 33.2 Å². The van der Waals surface area contributed by atoms with Crippen molar-refractivity contribution in [2.45, 2.75) is 20.8 Å². The monoisotopic (exact) mass is 423 g/mol. The van der Waals surface area contributed by atoms with E-state index in [1.807, 2.05) is 32.9 Å². The summed E-state index contributed by atoms with van der Waals surface area (Å²) in [5.41, 5.74) is 8.26. The zero-order valence-electron chi connectivity index (χ0n) is 17.2. The van der Waals surface area contributed by atoms with Crippen LogP contribution in [-0.2, 0) is 4.74 Å². The Bertz CT molecular complexity index is 1130. The molecule has 0 saturated carbocycles. The second-order valence-corrected chi connectivity index (χ2v) is 7.30. The summed E-state index contributed by atoms with van der Waals surface area (Å²) in [7, 11) is 1.36. The third kappa shape index (κ3) is 4.44. The number of carbonyl (C=O) groups excluding carboxylic acids is 2. The van der Waals surface area contributed by atoms with Crippen LogP contribution in [0.1, 0.15) is 43.2 Å². The molecule has 0 radical (unpaired) electrons. The van der Waals surface area contributed by atoms with E-state index in [2.05, 4.69) is 15.1 Å². The van der Waals surface area contributed by atoms with E-state index in [0.717, 1.165) is 28.2 Å². The molecule has 1 aromatic heterocycles. The van der Waals surface area contributed by atoms with E-state index < -0.39 is 0 Å². The number of benzene rings is 2. The lowest BCUT2D eigenvalue weighted by molar-refractivity contribution is 0.0600. The molecule has 0 saturated heterocycles. The Morgan fingerprint density at radius 2 is 1.70 bits per heavy atom. The van der Waals surface area contributed by atoms with Gasteiger partial charge in [-0.1, -0.05) is 11.6 Å². The van der Waals surface area contributed by atoms with Crippen molar-refractivity contribution in [3.05, 3.63) is 87.2 Å². The lowest BCUT2D eigenvalue weighted by Gasteiger charge is -2.13. The highest BCUT2D eigenvalue weighted by Crippen LogP contribution is 2.23. The lowest BCUT2D eigenvalue weighted by Crippen LogP contribution is -2.17. The summed E-state index contributed by atoms with van der Waals surface area (Å²) < 4.78 is 6.87. The molecule has 0 bridgehead atoms. The summed E-state index contributed by atoms with van der Waals surface area (Å²) in [4.78, 5) is 23.9. The van der Waals surface area contributed by atoms with E-state index in [4.69, 9.17) is 16.3 Å². The first-order valence-electron chi connectivity index (χ1n) is 9.29. The summed E-state index contributed by atoms with van der Waals surface area (Å²) in [5, 5.41) is 4.66. The molecule has 154 valence electrons. The topological polar surface area (TPSA) is 72.7 Å². The Balaban J connectivity index is 1.82. The van der Waals surface area contributed by atoms with Gasteiger partial charge in [0.05, 0.1) is 18.9 Å². The van der Waals surface area contributed by atoms with Gasteiger partial charge in [-0.05, 0) is 74.9 Å². The highest BCUT2D eigenvalue weighted by Gasteiger charge is 2.14. The van der Waals surface area contributed by atoms with Crippen LogP contribution in [0, 0.1) is 20.8 Å². The maximum Gasteiger partial charge on any atom is 0.337 e. The fourth-order valence-corrected chi connectivity index (χ4v) is 3.39. The summed E-state index contributed by atoms with van der Waals surface area (Å²) in [5.74, 6) is -0.680. The van der Waals surface area contributed by atoms with Gasteiger partial charge in [-0.3, -0.25) is 4.79 Å². The molecule has 3 aromatic rings. The Morgan fingerprint density at radius 3 is 2.33 bits per heavy atom. The van der Waals surface area contributed by atoms with Crippen LogP contribution < -0.4 is 5.43 Å². The Labute approximate surface area is 180 Å². The molecule has 1 N–H and O–H groups in total. The number of aromatic nitrogens is 1. The number of nitrogens with one attached hydrogen (secondary N) is 1. The number of amides is 1. The minimum absolute atomic E-state index is 0.314. The Morgan fingerprint density at radius 1 is 1.03 bits per heavy atom. The highest BCUT2D eigenvalue weighted by atomic mass is 35.5. The highest BCUT2D eigenvalue weighted by molar-refractivity contribution is 6.30. The minimum Gasteiger partial charge on any atom is -0.465 e. The van der Waals surface area contributed by atoms with Gasteiger partial charge in [-0.2, -0.15) is 5.10 Å². The maximum absolute atomic E-state index is 12.2. The van der Waals surface area contributed by atoms with Gasteiger partial charge in [0.1, 0.15) is 0 Å². The van der Waals surface area contributed by atoms with Gasteiger partial charge in [0.25, 0.3) is 5.91 Å². The van der Waals surface area contributed by atoms with Crippen molar-refractivity contribution in [2.75, 3.05) is 7.11 Å². The van der Waals surface area contributed by atoms with Crippen LogP contribution in [-0.4, -0.2) is 29.8 Å². The summed E-state index contributed by atoms with van der Waals surface area (Å²) in [6.45, 7) is 5.91. The lowest BCUT2D eigenvalue weighted by atomic mass is 10.1. The van der Waals surface area contributed by atoms with Crippen molar-refractivity contribution >= 4 is 29.7 Å². The summed E-state index contributed by atoms with van der Waals surface area (Å²) in [6.07, 6.45) is 1.62. The molecule has 0 spiro atoms. The molecule has 1 heterocycles. The molecular formula is C23H22ClN3O3. The molecule has 1 amide bonds. The van der Waals surface area contributed by atoms with Gasteiger partial charge in [-0.15, -0.1) is 0 Å². The largest absolute Gasteiger partial charge is 0.465 e. The predicted molar refractivity (Wildman–Crippen MR) is 118 cm³/mol. The number of hydrogen-bond donors (Lipinski definition) is 1. The fraction of sp³-hybridized carbons (Fsp3) is 0.174. The second kappa shape index (κ2) is 8.97. The molecule has 7 heteroatoms. The van der Waals surface area contributed by atoms with E-state index in [0.29, 0.717) is 16.1 Å². The minimum atomic E-state index is -0.366. The van der Waals surface area contributed by atoms with Crippen LogP contribution in [0.3, 0.4) is 0 Å². The van der Waals surface area contributed by atoms with Crippen LogP contribution in [0.5, 0.6) is 0 Å². The molecule has 6 nitrogen and oxygen atoms in total. The number of carbonyl (C=O) groups is 2. The van der Waals surface area contributed by atoms with Crippen molar-refractivity contribution in [2.24, 2.45) is 5.10 Å². The van der Waals surface area contributed by atoms with Crippen molar-refractivity contribution in [3.63, 3.8) is 0 Å². The number of hydrazone groups is 1. The Kier molecular flexibility index (Phi) is 6.37. The van der Waals surface area contributed by atoms with Crippen LogP contribution in [0.2, 0.25) is 5.02 Å². The smallest absolute Gasteiger partial charge is 0.337 e. The van der Waals surface area contributed by atoms with E-state index in [9.17, 15) is 9.59 Å². The van der Waals surface area contributed by atoms with Gasteiger partial charge < -0.3 is 9.30 Å². The van der Waals surface area contributed by atoms with Crippen molar-refractivity contribution < 1.29 is 14.3 Å². The average molecular weight is 424 g/mol. The van der Waals surface area contributed by atoms with E-state index in [1.165, 1.54) is 7.11 Å². The van der Waals surface area contributed by atoms with Gasteiger partial charge in [0.15, 0.2) is 0 Å². The fourth-order valence-electron chi connectivity index (χ4n) is 3.27. The number of methoxy groups -OCH3 is 1. The molecule has 0 atom stereocenters. The third-order valence-corrected chi connectivity index (χ3v) is 5.06. The first-order chi connectivity index (χ1) is 14.3. The van der Waals surface area contributed by atoms with E-state index in [1.54, 1.807) is 42.6 Å². The van der Waals surface area contributed by atoms with E-state index in [-0.39, 0.29) is 11.9 Å². The predicted octanol–water partition coefficient (Wildman–Crippen LogP) is 4.61. The molecule has 0 unspecified atom stereocenters. The first kappa shape index (κ1) is 21.3. The van der Waals surface area contributed by atoms with Crippen molar-refractivity contribution in [1.82, 2.24) is 9.99 Å². The quantitative estimate of drug-likeness (QED) is 0.370. The standard InChI is InChI=1S/C23H22ClN3O3/c1-14-11-18(23(29)30-4)7-10-21(14)27-15(2)12-19(16(27)3)13-25-26-22(28)17-5-8-20(24)9-6-17/h5-13H,1-4H3,(H,26,28)/b25-13-. The molecule has 0 aliphatic heterocycles. The molecule has 2 aromatic carbocycles. The summed E-state index contributed by atoms with van der Waals surface area (Å²) >= 11 is 5.84. The number of esters is 1. The maximum atomic E-state index is 12.2. The molecule has 0 aliphatic rings. The third-order valence-electron chi connectivity index (χ3n) is 4.81. The Hall–Kier alpha value is -3.38. The van der Waals surface area contributed by atoms with Crippen molar-refractivity contribution in [3.8, 4) is 5.69 Å². The number of hydrogen-bond acceptors (Lipinski definition) is 4. The summed E-state index contributed by atoms with van der Waals surface area (Å²) in [6, 6.07) is 14.0. The van der Waals surface area contributed by atoms with Crippen LogP contribution in [0.25, 0.3) is 5.69 Å².